The molecule has 3 aromatic heterocycles. The Kier molecular flexibility index (Phi) is 5.24. The summed E-state index contributed by atoms with van der Waals surface area (Å²) >= 11 is 7.00. The van der Waals surface area contributed by atoms with E-state index < -0.39 is 5.82 Å². The molecule has 4 rings (SSSR count). The van der Waals surface area contributed by atoms with Gasteiger partial charge in [0.15, 0.2) is 5.82 Å². The first-order chi connectivity index (χ1) is 14.0. The maximum absolute atomic E-state index is 14.6. The average molecular weight is 430 g/mol. The lowest BCUT2D eigenvalue weighted by Gasteiger charge is -2.08. The van der Waals surface area contributed by atoms with Gasteiger partial charge >= 0.3 is 0 Å². The number of halogens is 2. The lowest BCUT2D eigenvalue weighted by atomic mass is 10.2. The van der Waals surface area contributed by atoms with E-state index in [0.717, 1.165) is 0 Å². The van der Waals surface area contributed by atoms with E-state index in [1.54, 1.807) is 36.5 Å². The number of carbonyl (C=O) groups excluding carboxylic acids is 1. The number of benzene rings is 1. The van der Waals surface area contributed by atoms with Crippen LogP contribution in [0.1, 0.15) is 15.4 Å². The van der Waals surface area contributed by atoms with Gasteiger partial charge in [0.05, 0.1) is 27.6 Å². The highest BCUT2D eigenvalue weighted by Gasteiger charge is 2.12. The van der Waals surface area contributed by atoms with Crippen LogP contribution in [0.2, 0.25) is 4.34 Å². The third-order valence-electron chi connectivity index (χ3n) is 4.05. The molecule has 7 nitrogen and oxygen atoms in total. The molecule has 1 aromatic carbocycles. The minimum atomic E-state index is -0.563. The van der Waals surface area contributed by atoms with Gasteiger partial charge in [-0.05, 0) is 30.3 Å². The van der Waals surface area contributed by atoms with Crippen molar-refractivity contribution in [2.24, 2.45) is 0 Å². The van der Waals surface area contributed by atoms with Crippen molar-refractivity contribution in [2.75, 3.05) is 0 Å². The number of hydrogen-bond acceptors (Lipinski definition) is 5. The maximum atomic E-state index is 14.6. The monoisotopic (exact) mass is 429 g/mol. The van der Waals surface area contributed by atoms with Crippen LogP contribution < -0.4 is 10.9 Å². The molecule has 146 valence electrons. The molecule has 1 amide bonds. The van der Waals surface area contributed by atoms with Crippen molar-refractivity contribution in [3.63, 3.8) is 0 Å². The SMILES string of the molecule is O=C(NCc1cn(-c2ccc(-n3ccccc3=O)cc2F)nn1)c1ccc(Cl)s1. The first-order valence-electron chi connectivity index (χ1n) is 8.44. The van der Waals surface area contributed by atoms with Crippen LogP contribution in [0.4, 0.5) is 4.39 Å². The second-order valence-corrected chi connectivity index (χ2v) is 7.70. The van der Waals surface area contributed by atoms with E-state index in [9.17, 15) is 14.0 Å². The molecule has 0 unspecified atom stereocenters. The third kappa shape index (κ3) is 4.10. The summed E-state index contributed by atoms with van der Waals surface area (Å²) in [5.41, 5.74) is 0.779. The van der Waals surface area contributed by atoms with Crippen LogP contribution in [0, 0.1) is 5.82 Å². The third-order valence-corrected chi connectivity index (χ3v) is 5.28. The van der Waals surface area contributed by atoms with Crippen LogP contribution in [-0.4, -0.2) is 25.5 Å². The van der Waals surface area contributed by atoms with Crippen LogP contribution >= 0.6 is 22.9 Å². The second kappa shape index (κ2) is 7.98. The van der Waals surface area contributed by atoms with Crippen molar-refractivity contribution < 1.29 is 9.18 Å². The summed E-state index contributed by atoms with van der Waals surface area (Å²) in [6, 6.07) is 12.4. The van der Waals surface area contributed by atoms with Gasteiger partial charge in [-0.2, -0.15) is 0 Å². The summed E-state index contributed by atoms with van der Waals surface area (Å²) in [5, 5.41) is 10.6. The van der Waals surface area contributed by atoms with Gasteiger partial charge in [0.1, 0.15) is 11.4 Å². The Balaban J connectivity index is 1.50. The van der Waals surface area contributed by atoms with E-state index in [2.05, 4.69) is 15.6 Å². The topological polar surface area (TPSA) is 81.8 Å². The fourth-order valence-corrected chi connectivity index (χ4v) is 3.62. The Hall–Kier alpha value is -3.30. The summed E-state index contributed by atoms with van der Waals surface area (Å²) < 4.78 is 17.8. The molecule has 0 atom stereocenters. The van der Waals surface area contributed by atoms with E-state index in [1.807, 2.05) is 0 Å². The maximum Gasteiger partial charge on any atom is 0.261 e. The summed E-state index contributed by atoms with van der Waals surface area (Å²) in [4.78, 5) is 24.4. The lowest BCUT2D eigenvalue weighted by molar-refractivity contribution is 0.0954. The summed E-state index contributed by atoms with van der Waals surface area (Å²) in [7, 11) is 0. The molecule has 0 spiro atoms. The number of nitrogens with zero attached hydrogens (tertiary/aromatic N) is 4. The molecule has 4 aromatic rings. The van der Waals surface area contributed by atoms with Crippen molar-refractivity contribution >= 4 is 28.8 Å². The van der Waals surface area contributed by atoms with Crippen LogP contribution in [0.25, 0.3) is 11.4 Å². The highest BCUT2D eigenvalue weighted by molar-refractivity contribution is 7.17. The number of nitrogens with one attached hydrogen (secondary N) is 1. The van der Waals surface area contributed by atoms with Crippen LogP contribution in [0.3, 0.4) is 0 Å². The summed E-state index contributed by atoms with van der Waals surface area (Å²) in [6.07, 6.45) is 3.09. The standard InChI is InChI=1S/C19H13ClFN5O2S/c20-17-7-6-16(29-17)19(28)22-10-12-11-26(24-23-12)15-5-4-13(9-14(15)21)25-8-2-1-3-18(25)27/h1-9,11H,10H2,(H,22,28). The number of pyridine rings is 1. The zero-order valence-electron chi connectivity index (χ0n) is 14.8. The Morgan fingerprint density at radius 3 is 2.79 bits per heavy atom. The van der Waals surface area contributed by atoms with E-state index >= 15 is 0 Å². The molecule has 3 heterocycles. The summed E-state index contributed by atoms with van der Waals surface area (Å²) in [6.45, 7) is 0.132. The highest BCUT2D eigenvalue weighted by Crippen LogP contribution is 2.21. The van der Waals surface area contributed by atoms with E-state index in [0.29, 0.717) is 20.6 Å². The molecule has 10 heteroatoms. The number of hydrogen-bond donors (Lipinski definition) is 1. The predicted molar refractivity (Wildman–Crippen MR) is 107 cm³/mol. The number of rotatable bonds is 5. The van der Waals surface area contributed by atoms with Gasteiger partial charge in [0, 0.05) is 18.3 Å². The Labute approximate surface area is 173 Å². The van der Waals surface area contributed by atoms with Crippen molar-refractivity contribution in [3.05, 3.63) is 92.0 Å². The van der Waals surface area contributed by atoms with E-state index in [1.165, 1.54) is 45.0 Å². The van der Waals surface area contributed by atoms with E-state index in [-0.39, 0.29) is 23.7 Å². The zero-order valence-corrected chi connectivity index (χ0v) is 16.3. The number of carbonyl (C=O) groups is 1. The Morgan fingerprint density at radius 1 is 1.21 bits per heavy atom. The fourth-order valence-electron chi connectivity index (χ4n) is 2.66. The number of amides is 1. The molecule has 0 saturated heterocycles. The zero-order chi connectivity index (χ0) is 20.4. The molecular weight excluding hydrogens is 417 g/mol. The molecule has 0 aliphatic carbocycles. The molecule has 1 N–H and O–H groups in total. The van der Waals surface area contributed by atoms with Crippen molar-refractivity contribution in [1.82, 2.24) is 24.9 Å². The molecular formula is C19H13ClFN5O2S. The smallest absolute Gasteiger partial charge is 0.261 e. The molecule has 0 fully saturated rings. The van der Waals surface area contributed by atoms with Gasteiger partial charge in [-0.25, -0.2) is 9.07 Å². The van der Waals surface area contributed by atoms with Gasteiger partial charge in [-0.15, -0.1) is 16.4 Å². The molecule has 0 saturated carbocycles. The van der Waals surface area contributed by atoms with Crippen LogP contribution in [0.5, 0.6) is 0 Å². The van der Waals surface area contributed by atoms with Gasteiger partial charge in [0.2, 0.25) is 0 Å². The normalized spacial score (nSPS) is 10.8. The first-order valence-corrected chi connectivity index (χ1v) is 9.63. The first kappa shape index (κ1) is 19.0. The van der Waals surface area contributed by atoms with Gasteiger partial charge in [0.25, 0.3) is 11.5 Å². The fraction of sp³-hybridized carbons (Fsp3) is 0.0526. The van der Waals surface area contributed by atoms with Gasteiger partial charge in [-0.3, -0.25) is 14.2 Å². The van der Waals surface area contributed by atoms with Crippen LogP contribution in [-0.2, 0) is 6.54 Å². The van der Waals surface area contributed by atoms with Crippen molar-refractivity contribution in [3.8, 4) is 11.4 Å². The highest BCUT2D eigenvalue weighted by atomic mass is 35.5. The Morgan fingerprint density at radius 2 is 2.07 bits per heavy atom. The largest absolute Gasteiger partial charge is 0.346 e. The quantitative estimate of drug-likeness (QED) is 0.528. The van der Waals surface area contributed by atoms with Crippen molar-refractivity contribution in [1.29, 1.82) is 0 Å². The van der Waals surface area contributed by atoms with Gasteiger partial charge < -0.3 is 5.32 Å². The van der Waals surface area contributed by atoms with Gasteiger partial charge in [-0.1, -0.05) is 22.9 Å². The predicted octanol–water partition coefficient (Wildman–Crippen LogP) is 3.20. The van der Waals surface area contributed by atoms with Crippen molar-refractivity contribution in [2.45, 2.75) is 6.54 Å². The second-order valence-electron chi connectivity index (χ2n) is 5.99. The minimum absolute atomic E-state index is 0.132. The minimum Gasteiger partial charge on any atom is -0.346 e. The number of thiophene rings is 1. The number of aromatic nitrogens is 4. The lowest BCUT2D eigenvalue weighted by Crippen LogP contribution is -2.21. The average Bonchev–Trinajstić information content (AvgIpc) is 3.35. The molecule has 0 aliphatic rings. The molecule has 0 radical (unpaired) electrons. The summed E-state index contributed by atoms with van der Waals surface area (Å²) in [5.74, 6) is -0.841. The molecule has 0 aliphatic heterocycles. The Bertz CT molecular complexity index is 1250. The molecule has 0 bridgehead atoms. The molecule has 29 heavy (non-hydrogen) atoms. The van der Waals surface area contributed by atoms with E-state index in [4.69, 9.17) is 11.6 Å². The van der Waals surface area contributed by atoms with Crippen LogP contribution in [0.15, 0.2) is 65.7 Å².